The molecule has 0 heterocycles. The number of hydrogen-bond donors (Lipinski definition) is 1. The number of sulfone groups is 1. The highest BCUT2D eigenvalue weighted by molar-refractivity contribution is 7.92. The molecule has 0 radical (unpaired) electrons. The Bertz CT molecular complexity index is 485. The molecule has 1 rings (SSSR count). The Labute approximate surface area is 108 Å². The van der Waals surface area contributed by atoms with Crippen molar-refractivity contribution in [2.24, 2.45) is 5.73 Å². The van der Waals surface area contributed by atoms with Gasteiger partial charge in [-0.1, -0.05) is 18.2 Å². The monoisotopic (exact) mass is 270 g/mol. The first kappa shape index (κ1) is 14.7. The molecule has 0 aliphatic carbocycles. The van der Waals surface area contributed by atoms with Gasteiger partial charge >= 0.3 is 0 Å². The van der Waals surface area contributed by atoms with E-state index in [1.54, 1.807) is 31.2 Å². The van der Waals surface area contributed by atoms with Gasteiger partial charge in [0.25, 0.3) is 0 Å². The van der Waals surface area contributed by atoms with Crippen LogP contribution in [0.1, 0.15) is 6.92 Å². The maximum atomic E-state index is 12.0. The minimum Gasteiger partial charge on any atom is -0.329 e. The predicted octanol–water partition coefficient (Wildman–Crippen LogP) is 0.413. The maximum Gasteiger partial charge on any atom is 0.242 e. The molecule has 1 aromatic rings. The molecule has 18 heavy (non-hydrogen) atoms. The van der Waals surface area contributed by atoms with Gasteiger partial charge in [0.2, 0.25) is 5.91 Å². The van der Waals surface area contributed by atoms with Crippen LogP contribution in [0, 0.1) is 0 Å². The van der Waals surface area contributed by atoms with E-state index in [-0.39, 0.29) is 12.3 Å². The van der Waals surface area contributed by atoms with Crippen molar-refractivity contribution in [3.8, 4) is 0 Å². The first-order valence-electron chi connectivity index (χ1n) is 5.76. The number of amides is 1. The summed E-state index contributed by atoms with van der Waals surface area (Å²) in [6.07, 6.45) is 0. The van der Waals surface area contributed by atoms with Crippen LogP contribution in [0.15, 0.2) is 30.3 Å². The molecule has 5 nitrogen and oxygen atoms in total. The molecule has 0 aliphatic heterocycles. The summed E-state index contributed by atoms with van der Waals surface area (Å²) in [5, 5.41) is 0. The van der Waals surface area contributed by atoms with Crippen LogP contribution in [0.3, 0.4) is 0 Å². The number of hydrogen-bond acceptors (Lipinski definition) is 4. The smallest absolute Gasteiger partial charge is 0.242 e. The van der Waals surface area contributed by atoms with E-state index in [4.69, 9.17) is 5.73 Å². The quantitative estimate of drug-likeness (QED) is 0.812. The number of benzene rings is 1. The SMILES string of the molecule is CCN(C(=O)CS(=O)(=O)CCN)c1ccccc1. The molecule has 0 saturated carbocycles. The molecule has 1 amide bonds. The van der Waals surface area contributed by atoms with Crippen molar-refractivity contribution >= 4 is 21.4 Å². The summed E-state index contributed by atoms with van der Waals surface area (Å²) in [6, 6.07) is 9.00. The predicted molar refractivity (Wildman–Crippen MR) is 72.2 cm³/mol. The van der Waals surface area contributed by atoms with Crippen molar-refractivity contribution in [3.63, 3.8) is 0 Å². The fourth-order valence-electron chi connectivity index (χ4n) is 1.63. The molecule has 0 unspecified atom stereocenters. The second kappa shape index (κ2) is 6.51. The van der Waals surface area contributed by atoms with Gasteiger partial charge in [0.15, 0.2) is 9.84 Å². The molecule has 0 aliphatic rings. The minimum atomic E-state index is -3.41. The highest BCUT2D eigenvalue weighted by Gasteiger charge is 2.21. The zero-order valence-electron chi connectivity index (χ0n) is 10.4. The van der Waals surface area contributed by atoms with E-state index in [9.17, 15) is 13.2 Å². The van der Waals surface area contributed by atoms with Crippen LogP contribution in [0.2, 0.25) is 0 Å². The highest BCUT2D eigenvalue weighted by atomic mass is 32.2. The Kier molecular flexibility index (Phi) is 5.30. The van der Waals surface area contributed by atoms with Gasteiger partial charge in [-0.3, -0.25) is 4.79 Å². The lowest BCUT2D eigenvalue weighted by atomic mass is 10.3. The van der Waals surface area contributed by atoms with Gasteiger partial charge in [0.1, 0.15) is 5.75 Å². The number of rotatable bonds is 6. The number of para-hydroxylation sites is 1. The normalized spacial score (nSPS) is 11.2. The third-order valence-electron chi connectivity index (χ3n) is 2.46. The van der Waals surface area contributed by atoms with Crippen molar-refractivity contribution < 1.29 is 13.2 Å². The van der Waals surface area contributed by atoms with E-state index in [0.717, 1.165) is 0 Å². The second-order valence-electron chi connectivity index (χ2n) is 3.85. The van der Waals surface area contributed by atoms with Crippen LogP contribution < -0.4 is 10.6 Å². The van der Waals surface area contributed by atoms with Crippen molar-refractivity contribution in [2.75, 3.05) is 29.5 Å². The van der Waals surface area contributed by atoms with Gasteiger partial charge in [0.05, 0.1) is 5.75 Å². The molecular formula is C12H18N2O3S. The second-order valence-corrected chi connectivity index (χ2v) is 6.04. The molecule has 0 bridgehead atoms. The van der Waals surface area contributed by atoms with Gasteiger partial charge < -0.3 is 10.6 Å². The molecule has 6 heteroatoms. The number of nitrogens with zero attached hydrogens (tertiary/aromatic N) is 1. The minimum absolute atomic E-state index is 0.0348. The Morgan fingerprint density at radius 1 is 1.28 bits per heavy atom. The molecule has 100 valence electrons. The topological polar surface area (TPSA) is 80.5 Å². The van der Waals surface area contributed by atoms with E-state index in [1.807, 2.05) is 6.07 Å². The summed E-state index contributed by atoms with van der Waals surface area (Å²) in [6.45, 7) is 2.27. The van der Waals surface area contributed by atoms with Crippen molar-refractivity contribution in [3.05, 3.63) is 30.3 Å². The van der Waals surface area contributed by atoms with Gasteiger partial charge in [-0.05, 0) is 19.1 Å². The lowest BCUT2D eigenvalue weighted by Gasteiger charge is -2.20. The summed E-state index contributed by atoms with van der Waals surface area (Å²) < 4.78 is 23.1. The molecule has 0 saturated heterocycles. The molecule has 0 fully saturated rings. The zero-order valence-corrected chi connectivity index (χ0v) is 11.2. The van der Waals surface area contributed by atoms with E-state index < -0.39 is 21.5 Å². The van der Waals surface area contributed by atoms with Crippen LogP contribution in [0.4, 0.5) is 5.69 Å². The van der Waals surface area contributed by atoms with Crippen LogP contribution in [0.25, 0.3) is 0 Å². The highest BCUT2D eigenvalue weighted by Crippen LogP contribution is 2.13. The standard InChI is InChI=1S/C12H18N2O3S/c1-2-14(11-6-4-3-5-7-11)12(15)10-18(16,17)9-8-13/h3-7H,2,8-10,13H2,1H3. The van der Waals surface area contributed by atoms with E-state index in [0.29, 0.717) is 12.2 Å². The fourth-order valence-corrected chi connectivity index (χ4v) is 2.66. The van der Waals surface area contributed by atoms with Crippen LogP contribution in [0.5, 0.6) is 0 Å². The van der Waals surface area contributed by atoms with Gasteiger partial charge in [-0.2, -0.15) is 0 Å². The Morgan fingerprint density at radius 2 is 1.89 bits per heavy atom. The Morgan fingerprint density at radius 3 is 2.39 bits per heavy atom. The third kappa shape index (κ3) is 4.12. The van der Waals surface area contributed by atoms with E-state index >= 15 is 0 Å². The van der Waals surface area contributed by atoms with Crippen LogP contribution in [-0.2, 0) is 14.6 Å². The number of anilines is 1. The van der Waals surface area contributed by atoms with E-state index in [2.05, 4.69) is 0 Å². The number of carbonyl (C=O) groups excluding carboxylic acids is 1. The number of nitrogens with two attached hydrogens (primary N) is 1. The lowest BCUT2D eigenvalue weighted by molar-refractivity contribution is -0.116. The first-order chi connectivity index (χ1) is 8.50. The Balaban J connectivity index is 2.82. The zero-order chi connectivity index (χ0) is 13.6. The number of carbonyl (C=O) groups is 1. The summed E-state index contributed by atoms with van der Waals surface area (Å²) in [5.74, 6) is -1.07. The lowest BCUT2D eigenvalue weighted by Crippen LogP contribution is -2.37. The van der Waals surface area contributed by atoms with Gasteiger partial charge in [-0.25, -0.2) is 8.42 Å². The molecular weight excluding hydrogens is 252 g/mol. The molecule has 0 atom stereocenters. The molecule has 1 aromatic carbocycles. The molecule has 0 spiro atoms. The van der Waals surface area contributed by atoms with Gasteiger partial charge in [-0.15, -0.1) is 0 Å². The maximum absolute atomic E-state index is 12.0. The fraction of sp³-hybridized carbons (Fsp3) is 0.417. The average molecular weight is 270 g/mol. The molecule has 0 aromatic heterocycles. The van der Waals surface area contributed by atoms with E-state index in [1.165, 1.54) is 4.90 Å². The summed E-state index contributed by atoms with van der Waals surface area (Å²) in [4.78, 5) is 13.4. The average Bonchev–Trinajstić information content (AvgIpc) is 2.30. The van der Waals surface area contributed by atoms with Crippen molar-refractivity contribution in [2.45, 2.75) is 6.92 Å². The third-order valence-corrected chi connectivity index (χ3v) is 4.00. The molecule has 2 N–H and O–H groups in total. The van der Waals surface area contributed by atoms with Crippen LogP contribution in [-0.4, -0.2) is 38.9 Å². The van der Waals surface area contributed by atoms with Gasteiger partial charge in [0, 0.05) is 18.8 Å². The van der Waals surface area contributed by atoms with Crippen molar-refractivity contribution in [1.29, 1.82) is 0 Å². The summed E-state index contributed by atoms with van der Waals surface area (Å²) in [7, 11) is -3.41. The first-order valence-corrected chi connectivity index (χ1v) is 7.58. The van der Waals surface area contributed by atoms with Crippen LogP contribution >= 0.6 is 0 Å². The Hall–Kier alpha value is -1.40. The summed E-state index contributed by atoms with van der Waals surface area (Å²) >= 11 is 0. The van der Waals surface area contributed by atoms with Crippen molar-refractivity contribution in [1.82, 2.24) is 0 Å². The summed E-state index contributed by atoms with van der Waals surface area (Å²) in [5.41, 5.74) is 5.91. The largest absolute Gasteiger partial charge is 0.329 e.